The Hall–Kier alpha value is -2.57. The standard InChI is InChI=1S/C12H15N5O2/c1-2-5-17-7-8(3-4-10(17)18)15-12(19)11-9(13)6-14-16-11/h3-4,6-7H,2,5,13H2,1H3,(H,14,16)(H,15,19). The van der Waals surface area contributed by atoms with E-state index in [0.717, 1.165) is 6.42 Å². The number of aromatic amines is 1. The van der Waals surface area contributed by atoms with E-state index in [1.807, 2.05) is 6.92 Å². The van der Waals surface area contributed by atoms with Crippen LogP contribution in [0.15, 0.2) is 29.3 Å². The molecule has 2 heterocycles. The Bertz CT molecular complexity index is 644. The molecular formula is C12H15N5O2. The third kappa shape index (κ3) is 2.82. The zero-order valence-corrected chi connectivity index (χ0v) is 10.5. The molecule has 0 fully saturated rings. The molecule has 0 radical (unpaired) electrons. The Balaban J connectivity index is 2.20. The molecule has 2 rings (SSSR count). The number of aromatic nitrogens is 3. The van der Waals surface area contributed by atoms with Crippen LogP contribution in [-0.2, 0) is 6.54 Å². The van der Waals surface area contributed by atoms with Gasteiger partial charge < -0.3 is 15.6 Å². The Morgan fingerprint density at radius 1 is 1.53 bits per heavy atom. The molecule has 0 atom stereocenters. The van der Waals surface area contributed by atoms with Crippen molar-refractivity contribution < 1.29 is 4.79 Å². The second-order valence-electron chi connectivity index (χ2n) is 4.10. The number of anilines is 2. The second kappa shape index (κ2) is 5.38. The van der Waals surface area contributed by atoms with Crippen LogP contribution >= 0.6 is 0 Å². The normalized spacial score (nSPS) is 10.4. The van der Waals surface area contributed by atoms with Crippen molar-refractivity contribution >= 4 is 17.3 Å². The molecule has 4 N–H and O–H groups in total. The molecule has 7 heteroatoms. The van der Waals surface area contributed by atoms with E-state index >= 15 is 0 Å². The Kier molecular flexibility index (Phi) is 3.65. The molecule has 0 bridgehead atoms. The minimum absolute atomic E-state index is 0.0964. The smallest absolute Gasteiger partial charge is 0.275 e. The number of hydrogen-bond donors (Lipinski definition) is 3. The Morgan fingerprint density at radius 2 is 2.32 bits per heavy atom. The predicted molar refractivity (Wildman–Crippen MR) is 71.9 cm³/mol. The van der Waals surface area contributed by atoms with Gasteiger partial charge in [-0.1, -0.05) is 6.92 Å². The number of nitrogens with zero attached hydrogens (tertiary/aromatic N) is 2. The van der Waals surface area contributed by atoms with E-state index in [2.05, 4.69) is 15.5 Å². The number of pyridine rings is 1. The number of carbonyl (C=O) groups excluding carboxylic acids is 1. The molecule has 0 aliphatic heterocycles. The first-order valence-corrected chi connectivity index (χ1v) is 5.92. The van der Waals surface area contributed by atoms with Crippen molar-refractivity contribution in [3.8, 4) is 0 Å². The molecule has 0 unspecified atom stereocenters. The van der Waals surface area contributed by atoms with Crippen molar-refractivity contribution in [1.82, 2.24) is 14.8 Å². The molecule has 0 saturated carbocycles. The number of carbonyl (C=O) groups is 1. The van der Waals surface area contributed by atoms with Gasteiger partial charge in [0.05, 0.1) is 17.6 Å². The molecule has 19 heavy (non-hydrogen) atoms. The molecule has 100 valence electrons. The minimum atomic E-state index is -0.392. The van der Waals surface area contributed by atoms with Crippen molar-refractivity contribution in [3.05, 3.63) is 40.6 Å². The van der Waals surface area contributed by atoms with Crippen molar-refractivity contribution in [1.29, 1.82) is 0 Å². The highest BCUT2D eigenvalue weighted by molar-refractivity contribution is 6.05. The molecule has 2 aromatic heterocycles. The van der Waals surface area contributed by atoms with Crippen LogP contribution in [-0.4, -0.2) is 20.7 Å². The van der Waals surface area contributed by atoms with Gasteiger partial charge in [0, 0.05) is 18.8 Å². The molecule has 7 nitrogen and oxygen atoms in total. The maximum Gasteiger partial charge on any atom is 0.275 e. The number of rotatable bonds is 4. The van der Waals surface area contributed by atoms with E-state index in [9.17, 15) is 9.59 Å². The fraction of sp³-hybridized carbons (Fsp3) is 0.250. The summed E-state index contributed by atoms with van der Waals surface area (Å²) in [5, 5.41) is 8.86. The van der Waals surface area contributed by atoms with Crippen molar-refractivity contribution in [2.45, 2.75) is 19.9 Å². The lowest BCUT2D eigenvalue weighted by atomic mass is 10.3. The van der Waals surface area contributed by atoms with E-state index in [1.165, 1.54) is 12.3 Å². The molecule has 1 amide bonds. The number of nitrogen functional groups attached to an aromatic ring is 1. The Morgan fingerprint density at radius 3 is 2.95 bits per heavy atom. The molecule has 0 aromatic carbocycles. The van der Waals surface area contributed by atoms with Crippen LogP contribution in [0.4, 0.5) is 11.4 Å². The third-order valence-electron chi connectivity index (χ3n) is 2.60. The zero-order valence-electron chi connectivity index (χ0n) is 10.5. The predicted octanol–water partition coefficient (Wildman–Crippen LogP) is 0.816. The fourth-order valence-electron chi connectivity index (χ4n) is 1.69. The van der Waals surface area contributed by atoms with E-state index < -0.39 is 5.91 Å². The fourth-order valence-corrected chi connectivity index (χ4v) is 1.69. The van der Waals surface area contributed by atoms with Gasteiger partial charge in [-0.2, -0.15) is 5.10 Å². The Labute approximate surface area is 109 Å². The summed E-state index contributed by atoms with van der Waals surface area (Å²) < 4.78 is 1.55. The van der Waals surface area contributed by atoms with Crippen molar-refractivity contribution in [2.24, 2.45) is 0 Å². The topological polar surface area (TPSA) is 106 Å². The first kappa shape index (κ1) is 12.9. The lowest BCUT2D eigenvalue weighted by molar-refractivity contribution is 0.102. The zero-order chi connectivity index (χ0) is 13.8. The van der Waals surface area contributed by atoms with Gasteiger partial charge in [-0.05, 0) is 12.5 Å². The van der Waals surface area contributed by atoms with Gasteiger partial charge in [0.15, 0.2) is 0 Å². The van der Waals surface area contributed by atoms with E-state index in [1.54, 1.807) is 16.8 Å². The number of H-pyrrole nitrogens is 1. The third-order valence-corrected chi connectivity index (χ3v) is 2.60. The van der Waals surface area contributed by atoms with Gasteiger partial charge >= 0.3 is 0 Å². The maximum atomic E-state index is 11.9. The minimum Gasteiger partial charge on any atom is -0.396 e. The van der Waals surface area contributed by atoms with Gasteiger partial charge in [0.25, 0.3) is 11.5 Å². The summed E-state index contributed by atoms with van der Waals surface area (Å²) >= 11 is 0. The summed E-state index contributed by atoms with van der Waals surface area (Å²) in [5.74, 6) is -0.392. The van der Waals surface area contributed by atoms with Gasteiger partial charge in [-0.3, -0.25) is 14.7 Å². The lowest BCUT2D eigenvalue weighted by Crippen LogP contribution is -2.21. The summed E-state index contributed by atoms with van der Waals surface area (Å²) in [6, 6.07) is 2.97. The first-order chi connectivity index (χ1) is 9.11. The molecule has 2 aromatic rings. The number of nitrogens with two attached hydrogens (primary N) is 1. The van der Waals surface area contributed by atoms with Gasteiger partial charge in [0.2, 0.25) is 0 Å². The quantitative estimate of drug-likeness (QED) is 0.757. The summed E-state index contributed by atoms with van der Waals surface area (Å²) in [4.78, 5) is 23.4. The van der Waals surface area contributed by atoms with Gasteiger partial charge in [-0.15, -0.1) is 0 Å². The summed E-state index contributed by atoms with van der Waals surface area (Å²) in [6.45, 7) is 2.58. The number of aryl methyl sites for hydroxylation is 1. The second-order valence-corrected chi connectivity index (χ2v) is 4.10. The molecule has 0 spiro atoms. The van der Waals surface area contributed by atoms with Crippen LogP contribution in [0.5, 0.6) is 0 Å². The van der Waals surface area contributed by atoms with Crippen LogP contribution < -0.4 is 16.6 Å². The number of nitrogens with one attached hydrogen (secondary N) is 2. The monoisotopic (exact) mass is 261 g/mol. The van der Waals surface area contributed by atoms with Crippen LogP contribution in [0.3, 0.4) is 0 Å². The SMILES string of the molecule is CCCn1cc(NC(=O)c2[nH]ncc2N)ccc1=O. The molecule has 0 aliphatic carbocycles. The van der Waals surface area contributed by atoms with Gasteiger partial charge in [-0.25, -0.2) is 0 Å². The van der Waals surface area contributed by atoms with Crippen molar-refractivity contribution in [3.63, 3.8) is 0 Å². The van der Waals surface area contributed by atoms with E-state index in [4.69, 9.17) is 5.73 Å². The van der Waals surface area contributed by atoms with Crippen molar-refractivity contribution in [2.75, 3.05) is 11.1 Å². The van der Waals surface area contributed by atoms with Crippen LogP contribution in [0, 0.1) is 0 Å². The van der Waals surface area contributed by atoms with Crippen LogP contribution in [0.2, 0.25) is 0 Å². The highest BCUT2D eigenvalue weighted by Crippen LogP contribution is 2.10. The molecular weight excluding hydrogens is 246 g/mol. The first-order valence-electron chi connectivity index (χ1n) is 5.92. The van der Waals surface area contributed by atoms with Gasteiger partial charge in [0.1, 0.15) is 5.69 Å². The molecule has 0 aliphatic rings. The van der Waals surface area contributed by atoms with Crippen LogP contribution in [0.1, 0.15) is 23.8 Å². The average Bonchev–Trinajstić information content (AvgIpc) is 2.80. The lowest BCUT2D eigenvalue weighted by Gasteiger charge is -2.08. The number of amides is 1. The highest BCUT2D eigenvalue weighted by Gasteiger charge is 2.12. The summed E-state index contributed by atoms with van der Waals surface area (Å²) in [6.07, 6.45) is 3.81. The van der Waals surface area contributed by atoms with E-state index in [0.29, 0.717) is 12.2 Å². The summed E-state index contributed by atoms with van der Waals surface area (Å²) in [5.41, 5.74) is 6.50. The number of hydrogen-bond acceptors (Lipinski definition) is 4. The molecule has 0 saturated heterocycles. The average molecular weight is 261 g/mol. The summed E-state index contributed by atoms with van der Waals surface area (Å²) in [7, 11) is 0. The maximum absolute atomic E-state index is 11.9. The largest absolute Gasteiger partial charge is 0.396 e. The van der Waals surface area contributed by atoms with E-state index in [-0.39, 0.29) is 16.9 Å². The highest BCUT2D eigenvalue weighted by atomic mass is 16.2. The van der Waals surface area contributed by atoms with Crippen LogP contribution in [0.25, 0.3) is 0 Å².